The number of amides is 1. The number of pyridine rings is 1. The first-order chi connectivity index (χ1) is 13.3. The Labute approximate surface area is 161 Å². The summed E-state index contributed by atoms with van der Waals surface area (Å²) in [6.07, 6.45) is 0.821. The number of nitrogens with one attached hydrogen (secondary N) is 1. The molecule has 1 heterocycles. The SMILES string of the molecule is Cc1ccc(C(=O)NCC(F)(F)Cc2ccc(-c3ccccc3F)cc2)cn1. The van der Waals surface area contributed by atoms with Crippen LogP contribution in [0.3, 0.4) is 0 Å². The second-order valence-corrected chi connectivity index (χ2v) is 6.58. The molecule has 2 aromatic carbocycles. The number of hydrogen-bond acceptors (Lipinski definition) is 2. The summed E-state index contributed by atoms with van der Waals surface area (Å²) >= 11 is 0. The quantitative estimate of drug-likeness (QED) is 0.663. The van der Waals surface area contributed by atoms with Crippen molar-refractivity contribution in [3.63, 3.8) is 0 Å². The lowest BCUT2D eigenvalue weighted by Crippen LogP contribution is -2.38. The van der Waals surface area contributed by atoms with Crippen molar-refractivity contribution in [3.8, 4) is 11.1 Å². The summed E-state index contributed by atoms with van der Waals surface area (Å²) in [6.45, 7) is 0.988. The van der Waals surface area contributed by atoms with Gasteiger partial charge >= 0.3 is 0 Å². The van der Waals surface area contributed by atoms with Gasteiger partial charge in [0.05, 0.1) is 12.1 Å². The predicted octanol–water partition coefficient (Wildman–Crippen LogP) is 4.80. The molecule has 0 unspecified atom stereocenters. The molecule has 144 valence electrons. The van der Waals surface area contributed by atoms with E-state index in [1.54, 1.807) is 55.5 Å². The lowest BCUT2D eigenvalue weighted by molar-refractivity contribution is 0.00305. The Kier molecular flexibility index (Phi) is 5.78. The molecule has 0 aliphatic rings. The van der Waals surface area contributed by atoms with Gasteiger partial charge < -0.3 is 5.32 Å². The molecule has 0 atom stereocenters. The zero-order valence-corrected chi connectivity index (χ0v) is 15.3. The van der Waals surface area contributed by atoms with Crippen molar-refractivity contribution in [1.29, 1.82) is 0 Å². The topological polar surface area (TPSA) is 42.0 Å². The fourth-order valence-electron chi connectivity index (χ4n) is 2.77. The molecule has 0 saturated carbocycles. The van der Waals surface area contributed by atoms with Crippen LogP contribution in [0.5, 0.6) is 0 Å². The second kappa shape index (κ2) is 8.25. The number of rotatable bonds is 6. The Hall–Kier alpha value is -3.15. The van der Waals surface area contributed by atoms with Gasteiger partial charge in [-0.25, -0.2) is 13.2 Å². The summed E-state index contributed by atoms with van der Waals surface area (Å²) in [5.41, 5.74) is 2.40. The number of aromatic nitrogens is 1. The molecule has 0 bridgehead atoms. The van der Waals surface area contributed by atoms with Gasteiger partial charge in [0.2, 0.25) is 0 Å². The number of aryl methyl sites for hydroxylation is 1. The first-order valence-corrected chi connectivity index (χ1v) is 8.77. The van der Waals surface area contributed by atoms with Crippen molar-refractivity contribution >= 4 is 5.91 Å². The average molecular weight is 384 g/mol. The van der Waals surface area contributed by atoms with E-state index in [2.05, 4.69) is 10.3 Å². The van der Waals surface area contributed by atoms with Crippen LogP contribution in [0.4, 0.5) is 13.2 Å². The van der Waals surface area contributed by atoms with Gasteiger partial charge in [-0.05, 0) is 36.2 Å². The number of halogens is 3. The molecule has 0 radical (unpaired) electrons. The number of carbonyl (C=O) groups is 1. The van der Waals surface area contributed by atoms with Crippen LogP contribution in [-0.4, -0.2) is 23.4 Å². The van der Waals surface area contributed by atoms with Crippen molar-refractivity contribution in [3.05, 3.63) is 89.5 Å². The van der Waals surface area contributed by atoms with Crippen molar-refractivity contribution in [2.24, 2.45) is 0 Å². The molecule has 1 N–H and O–H groups in total. The largest absolute Gasteiger partial charge is 0.346 e. The molecular formula is C22H19F3N2O. The fraction of sp³-hybridized carbons (Fsp3) is 0.182. The van der Waals surface area contributed by atoms with Gasteiger partial charge in [-0.3, -0.25) is 9.78 Å². The van der Waals surface area contributed by atoms with Crippen molar-refractivity contribution in [1.82, 2.24) is 10.3 Å². The van der Waals surface area contributed by atoms with E-state index < -0.39 is 24.8 Å². The first-order valence-electron chi connectivity index (χ1n) is 8.77. The van der Waals surface area contributed by atoms with Crippen LogP contribution in [-0.2, 0) is 6.42 Å². The molecular weight excluding hydrogens is 365 g/mol. The standard InChI is InChI=1S/C22H19F3N2O/c1-15-6-9-18(13-26-15)21(28)27-14-22(24,25)12-16-7-10-17(11-8-16)19-4-2-3-5-20(19)23/h2-11,13H,12,14H2,1H3,(H,27,28). The summed E-state index contributed by atoms with van der Waals surface area (Å²) in [4.78, 5) is 15.9. The summed E-state index contributed by atoms with van der Waals surface area (Å²) in [6, 6.07) is 15.8. The van der Waals surface area contributed by atoms with Gasteiger partial charge in [-0.1, -0.05) is 42.5 Å². The van der Waals surface area contributed by atoms with Crippen LogP contribution in [0, 0.1) is 12.7 Å². The summed E-state index contributed by atoms with van der Waals surface area (Å²) in [5, 5.41) is 2.25. The number of hydrogen-bond donors (Lipinski definition) is 1. The van der Waals surface area contributed by atoms with Gasteiger partial charge in [0.15, 0.2) is 0 Å². The molecule has 1 amide bonds. The monoisotopic (exact) mass is 384 g/mol. The third kappa shape index (κ3) is 4.97. The second-order valence-electron chi connectivity index (χ2n) is 6.58. The molecule has 0 aliphatic heterocycles. The summed E-state index contributed by atoms with van der Waals surface area (Å²) < 4.78 is 42.3. The van der Waals surface area contributed by atoms with Crippen LogP contribution in [0.15, 0.2) is 66.9 Å². The molecule has 0 saturated heterocycles. The van der Waals surface area contributed by atoms with Crippen LogP contribution >= 0.6 is 0 Å². The van der Waals surface area contributed by atoms with Crippen molar-refractivity contribution in [2.75, 3.05) is 6.54 Å². The molecule has 28 heavy (non-hydrogen) atoms. The lowest BCUT2D eigenvalue weighted by Gasteiger charge is -2.17. The minimum atomic E-state index is -3.12. The Balaban J connectivity index is 1.61. The predicted molar refractivity (Wildman–Crippen MR) is 102 cm³/mol. The maximum absolute atomic E-state index is 14.2. The van der Waals surface area contributed by atoms with Crippen molar-refractivity contribution < 1.29 is 18.0 Å². The molecule has 0 aliphatic carbocycles. The normalized spacial score (nSPS) is 11.3. The first kappa shape index (κ1) is 19.6. The molecule has 3 aromatic rings. The molecule has 3 nitrogen and oxygen atoms in total. The highest BCUT2D eigenvalue weighted by atomic mass is 19.3. The van der Waals surface area contributed by atoms with Gasteiger partial charge in [-0.2, -0.15) is 0 Å². The van der Waals surface area contributed by atoms with Crippen LogP contribution in [0.2, 0.25) is 0 Å². The average Bonchev–Trinajstić information content (AvgIpc) is 2.68. The Morgan fingerprint density at radius 3 is 2.39 bits per heavy atom. The molecule has 0 fully saturated rings. The lowest BCUT2D eigenvalue weighted by atomic mass is 10.0. The molecule has 0 spiro atoms. The van der Waals surface area contributed by atoms with Gasteiger partial charge in [0.25, 0.3) is 11.8 Å². The smallest absolute Gasteiger partial charge is 0.269 e. The minimum absolute atomic E-state index is 0.232. The Morgan fingerprint density at radius 1 is 1.04 bits per heavy atom. The maximum atomic E-state index is 14.2. The van der Waals surface area contributed by atoms with Crippen LogP contribution < -0.4 is 5.32 Å². The zero-order valence-electron chi connectivity index (χ0n) is 15.3. The Morgan fingerprint density at radius 2 is 1.75 bits per heavy atom. The van der Waals surface area contributed by atoms with E-state index in [4.69, 9.17) is 0 Å². The van der Waals surface area contributed by atoms with Crippen molar-refractivity contribution in [2.45, 2.75) is 19.3 Å². The third-order valence-electron chi connectivity index (χ3n) is 4.28. The summed E-state index contributed by atoms with van der Waals surface area (Å²) in [7, 11) is 0. The van der Waals surface area contributed by atoms with Gasteiger partial charge in [0.1, 0.15) is 5.82 Å². The molecule has 3 rings (SSSR count). The van der Waals surface area contributed by atoms with E-state index in [9.17, 15) is 18.0 Å². The van der Waals surface area contributed by atoms with E-state index in [0.29, 0.717) is 16.7 Å². The van der Waals surface area contributed by atoms with Crippen LogP contribution in [0.25, 0.3) is 11.1 Å². The number of benzene rings is 2. The third-order valence-corrected chi connectivity index (χ3v) is 4.28. The number of carbonyl (C=O) groups excluding carboxylic acids is 1. The number of alkyl halides is 2. The highest BCUT2D eigenvalue weighted by molar-refractivity contribution is 5.93. The highest BCUT2D eigenvalue weighted by Crippen LogP contribution is 2.25. The molecule has 1 aromatic heterocycles. The van der Waals surface area contributed by atoms with E-state index in [1.807, 2.05) is 0 Å². The van der Waals surface area contributed by atoms with Gasteiger partial charge in [-0.15, -0.1) is 0 Å². The Bertz CT molecular complexity index is 954. The fourth-order valence-corrected chi connectivity index (χ4v) is 2.77. The minimum Gasteiger partial charge on any atom is -0.346 e. The number of nitrogens with zero attached hydrogens (tertiary/aromatic N) is 1. The van der Waals surface area contributed by atoms with Gasteiger partial charge in [0, 0.05) is 23.9 Å². The van der Waals surface area contributed by atoms with E-state index in [0.717, 1.165) is 5.69 Å². The zero-order chi connectivity index (χ0) is 20.1. The summed E-state index contributed by atoms with van der Waals surface area (Å²) in [5.74, 6) is -4.08. The van der Waals surface area contributed by atoms with E-state index in [-0.39, 0.29) is 11.4 Å². The van der Waals surface area contributed by atoms with Crippen LogP contribution in [0.1, 0.15) is 21.6 Å². The highest BCUT2D eigenvalue weighted by Gasteiger charge is 2.30. The van der Waals surface area contributed by atoms with E-state index in [1.165, 1.54) is 18.3 Å². The molecule has 6 heteroatoms. The van der Waals surface area contributed by atoms with E-state index >= 15 is 0 Å². The maximum Gasteiger partial charge on any atom is 0.269 e.